The Morgan fingerprint density at radius 1 is 1.62 bits per heavy atom. The molecule has 2 rings (SSSR count). The average Bonchev–Trinajstić information content (AvgIpc) is 2.51. The van der Waals surface area contributed by atoms with E-state index in [1.165, 1.54) is 11.8 Å². The van der Waals surface area contributed by atoms with Gasteiger partial charge in [0.05, 0.1) is 0 Å². The summed E-state index contributed by atoms with van der Waals surface area (Å²) in [6.07, 6.45) is 5.49. The zero-order valence-corrected chi connectivity index (χ0v) is 8.23. The summed E-state index contributed by atoms with van der Waals surface area (Å²) in [7, 11) is 0. The third-order valence-electron chi connectivity index (χ3n) is 2.65. The molecular weight excluding hydrogens is 187 g/mol. The first-order valence-corrected chi connectivity index (χ1v) is 5.60. The van der Waals surface area contributed by atoms with E-state index in [1.54, 1.807) is 12.2 Å². The van der Waals surface area contributed by atoms with Crippen LogP contribution in [0.25, 0.3) is 0 Å². The molecule has 2 aliphatic rings. The molecule has 0 radical (unpaired) electrons. The summed E-state index contributed by atoms with van der Waals surface area (Å²) < 4.78 is 13.3. The van der Waals surface area contributed by atoms with Crippen LogP contribution >= 0.6 is 11.8 Å². The van der Waals surface area contributed by atoms with Gasteiger partial charge in [-0.3, -0.25) is 4.79 Å². The first-order valence-electron chi connectivity index (χ1n) is 4.37. The third-order valence-corrected chi connectivity index (χ3v) is 3.45. The number of thioether (sulfide) groups is 1. The van der Waals surface area contributed by atoms with Gasteiger partial charge in [0.2, 0.25) is 0 Å². The fourth-order valence-corrected chi connectivity index (χ4v) is 2.69. The van der Waals surface area contributed by atoms with Crippen LogP contribution in [0.5, 0.6) is 0 Å². The molecule has 0 aromatic heterocycles. The topological polar surface area (TPSA) is 17.1 Å². The lowest BCUT2D eigenvalue weighted by molar-refractivity contribution is -0.114. The molecule has 0 aliphatic heterocycles. The second kappa shape index (κ2) is 3.29. The SMILES string of the molecule is CSC1=C2C(=O)CCC2C(F)C=C1. The molecular formula is C10H11FOS. The Morgan fingerprint density at radius 2 is 2.38 bits per heavy atom. The number of allylic oxidation sites excluding steroid dienone is 3. The van der Waals surface area contributed by atoms with Gasteiger partial charge in [-0.05, 0) is 24.8 Å². The maximum absolute atomic E-state index is 13.3. The Balaban J connectivity index is 2.43. The molecule has 2 atom stereocenters. The largest absolute Gasteiger partial charge is 0.294 e. The molecule has 70 valence electrons. The third kappa shape index (κ3) is 1.35. The maximum atomic E-state index is 13.3. The van der Waals surface area contributed by atoms with Crippen LogP contribution in [0, 0.1) is 5.92 Å². The van der Waals surface area contributed by atoms with Crippen molar-refractivity contribution in [2.45, 2.75) is 19.0 Å². The van der Waals surface area contributed by atoms with Gasteiger partial charge in [0.15, 0.2) is 5.78 Å². The molecule has 0 saturated heterocycles. The molecule has 0 amide bonds. The molecule has 1 fully saturated rings. The van der Waals surface area contributed by atoms with E-state index in [0.29, 0.717) is 12.8 Å². The van der Waals surface area contributed by atoms with Gasteiger partial charge in [-0.25, -0.2) is 4.39 Å². The van der Waals surface area contributed by atoms with Gasteiger partial charge in [-0.15, -0.1) is 11.8 Å². The predicted molar refractivity (Wildman–Crippen MR) is 52.3 cm³/mol. The minimum absolute atomic E-state index is 0.140. The summed E-state index contributed by atoms with van der Waals surface area (Å²) in [5.41, 5.74) is 0.738. The zero-order valence-electron chi connectivity index (χ0n) is 7.42. The minimum atomic E-state index is -0.947. The van der Waals surface area contributed by atoms with Crippen LogP contribution in [0.1, 0.15) is 12.8 Å². The fourth-order valence-electron chi connectivity index (χ4n) is 1.99. The van der Waals surface area contributed by atoms with Crippen LogP contribution in [0.15, 0.2) is 22.6 Å². The molecule has 0 N–H and O–H groups in total. The lowest BCUT2D eigenvalue weighted by atomic mass is 9.92. The van der Waals surface area contributed by atoms with Crippen LogP contribution in [-0.2, 0) is 4.79 Å². The number of halogens is 1. The second-order valence-corrected chi connectivity index (χ2v) is 4.20. The van der Waals surface area contributed by atoms with Gasteiger partial charge in [0, 0.05) is 22.8 Å². The summed E-state index contributed by atoms with van der Waals surface area (Å²) in [5.74, 6) is -0.0127. The number of carbonyl (C=O) groups is 1. The van der Waals surface area contributed by atoms with Gasteiger partial charge in [0.1, 0.15) is 6.17 Å². The van der Waals surface area contributed by atoms with E-state index < -0.39 is 6.17 Å². The van der Waals surface area contributed by atoms with Crippen LogP contribution in [0.2, 0.25) is 0 Å². The monoisotopic (exact) mass is 198 g/mol. The van der Waals surface area contributed by atoms with Crippen LogP contribution < -0.4 is 0 Å². The summed E-state index contributed by atoms with van der Waals surface area (Å²) in [4.78, 5) is 12.4. The highest BCUT2D eigenvalue weighted by molar-refractivity contribution is 8.02. The van der Waals surface area contributed by atoms with Gasteiger partial charge in [-0.2, -0.15) is 0 Å². The zero-order chi connectivity index (χ0) is 9.42. The second-order valence-electron chi connectivity index (χ2n) is 3.35. The maximum Gasteiger partial charge on any atom is 0.160 e. The molecule has 0 spiro atoms. The summed E-state index contributed by atoms with van der Waals surface area (Å²) in [6, 6.07) is 0. The molecule has 0 heterocycles. The number of fused-ring (bicyclic) bond motifs is 1. The Hall–Kier alpha value is -0.570. The average molecular weight is 198 g/mol. The highest BCUT2D eigenvalue weighted by Crippen LogP contribution is 2.40. The predicted octanol–water partition coefficient (Wildman–Crippen LogP) is 2.49. The smallest absolute Gasteiger partial charge is 0.160 e. The van der Waals surface area contributed by atoms with Crippen molar-refractivity contribution in [3.8, 4) is 0 Å². The first-order chi connectivity index (χ1) is 6.24. The van der Waals surface area contributed by atoms with Crippen molar-refractivity contribution in [1.82, 2.24) is 0 Å². The molecule has 1 nitrogen and oxygen atoms in total. The van der Waals surface area contributed by atoms with Gasteiger partial charge in [0.25, 0.3) is 0 Å². The lowest BCUT2D eigenvalue weighted by Gasteiger charge is -2.19. The van der Waals surface area contributed by atoms with Crippen molar-refractivity contribution in [2.75, 3.05) is 6.26 Å². The number of alkyl halides is 1. The summed E-state index contributed by atoms with van der Waals surface area (Å²) in [5, 5.41) is 0. The summed E-state index contributed by atoms with van der Waals surface area (Å²) >= 11 is 1.53. The van der Waals surface area contributed by atoms with Crippen molar-refractivity contribution in [2.24, 2.45) is 5.92 Å². The van der Waals surface area contributed by atoms with E-state index in [2.05, 4.69) is 0 Å². The van der Waals surface area contributed by atoms with Crippen molar-refractivity contribution in [3.63, 3.8) is 0 Å². The molecule has 13 heavy (non-hydrogen) atoms. The Bertz CT molecular complexity index is 306. The van der Waals surface area contributed by atoms with E-state index in [9.17, 15) is 9.18 Å². The lowest BCUT2D eigenvalue weighted by Crippen LogP contribution is -2.17. The standard InChI is InChI=1S/C10H11FOS/c1-13-9-5-3-7(11)6-2-4-8(12)10(6)9/h3,5-7H,2,4H2,1H3. The Labute approximate surface area is 81.1 Å². The molecule has 0 aromatic rings. The normalized spacial score (nSPS) is 32.6. The highest BCUT2D eigenvalue weighted by Gasteiger charge is 2.37. The highest BCUT2D eigenvalue weighted by atomic mass is 32.2. The number of hydrogen-bond acceptors (Lipinski definition) is 2. The number of rotatable bonds is 1. The van der Waals surface area contributed by atoms with E-state index in [1.807, 2.05) is 6.26 Å². The number of hydrogen-bond donors (Lipinski definition) is 0. The van der Waals surface area contributed by atoms with Crippen LogP contribution in [0.4, 0.5) is 4.39 Å². The Kier molecular flexibility index (Phi) is 2.28. The molecule has 2 unspecified atom stereocenters. The van der Waals surface area contributed by atoms with Gasteiger partial charge in [-0.1, -0.05) is 0 Å². The first kappa shape index (κ1) is 9.00. The Morgan fingerprint density at radius 3 is 3.08 bits per heavy atom. The number of carbonyl (C=O) groups excluding carboxylic acids is 1. The fraction of sp³-hybridized carbons (Fsp3) is 0.500. The quantitative estimate of drug-likeness (QED) is 0.644. The number of ketones is 1. The molecule has 3 heteroatoms. The van der Waals surface area contributed by atoms with Crippen LogP contribution in [-0.4, -0.2) is 18.2 Å². The van der Waals surface area contributed by atoms with Crippen molar-refractivity contribution < 1.29 is 9.18 Å². The number of Topliss-reactive ketones (excluding diaryl/α,β-unsaturated/α-hetero) is 1. The van der Waals surface area contributed by atoms with E-state index >= 15 is 0 Å². The van der Waals surface area contributed by atoms with E-state index in [-0.39, 0.29) is 11.7 Å². The summed E-state index contributed by atoms with van der Waals surface area (Å²) in [6.45, 7) is 0. The van der Waals surface area contributed by atoms with E-state index in [0.717, 1.165) is 10.5 Å². The molecule has 1 saturated carbocycles. The van der Waals surface area contributed by atoms with Crippen molar-refractivity contribution in [1.29, 1.82) is 0 Å². The van der Waals surface area contributed by atoms with Gasteiger partial charge >= 0.3 is 0 Å². The van der Waals surface area contributed by atoms with E-state index in [4.69, 9.17) is 0 Å². The van der Waals surface area contributed by atoms with Crippen molar-refractivity contribution >= 4 is 17.5 Å². The van der Waals surface area contributed by atoms with Gasteiger partial charge < -0.3 is 0 Å². The molecule has 0 bridgehead atoms. The minimum Gasteiger partial charge on any atom is -0.294 e. The van der Waals surface area contributed by atoms with Crippen molar-refractivity contribution in [3.05, 3.63) is 22.6 Å². The molecule has 2 aliphatic carbocycles. The molecule has 0 aromatic carbocycles. The van der Waals surface area contributed by atoms with Crippen LogP contribution in [0.3, 0.4) is 0 Å².